The van der Waals surface area contributed by atoms with Crippen molar-refractivity contribution >= 4 is 11.7 Å². The van der Waals surface area contributed by atoms with Gasteiger partial charge in [0.05, 0.1) is 12.8 Å². The highest BCUT2D eigenvalue weighted by atomic mass is 16.3. The minimum atomic E-state index is -0.144. The van der Waals surface area contributed by atoms with E-state index in [-0.39, 0.29) is 6.03 Å². The Morgan fingerprint density at radius 2 is 2.00 bits per heavy atom. The van der Waals surface area contributed by atoms with Crippen LogP contribution in [0.15, 0.2) is 47.1 Å². The molecule has 0 bridgehead atoms. The lowest BCUT2D eigenvalue weighted by Gasteiger charge is -2.19. The lowest BCUT2D eigenvalue weighted by molar-refractivity contribution is 0.216. The molecule has 0 unspecified atom stereocenters. The van der Waals surface area contributed by atoms with E-state index in [1.165, 1.54) is 0 Å². The molecular weight excluding hydrogens is 252 g/mol. The molecule has 2 aromatic rings. The summed E-state index contributed by atoms with van der Waals surface area (Å²) in [7, 11) is 1.75. The number of carbonyl (C=O) groups excluding carboxylic acids is 1. The van der Waals surface area contributed by atoms with Gasteiger partial charge in [-0.15, -0.1) is 0 Å². The molecule has 4 nitrogen and oxygen atoms in total. The molecule has 2 rings (SSSR count). The third-order valence-electron chi connectivity index (χ3n) is 3.14. The summed E-state index contributed by atoms with van der Waals surface area (Å²) in [6.07, 6.45) is 1.61. The van der Waals surface area contributed by atoms with E-state index in [9.17, 15) is 4.79 Å². The topological polar surface area (TPSA) is 45.5 Å². The minimum absolute atomic E-state index is 0.144. The third kappa shape index (κ3) is 3.41. The highest BCUT2D eigenvalue weighted by Gasteiger charge is 2.13. The highest BCUT2D eigenvalue weighted by Crippen LogP contribution is 2.23. The fraction of sp³-hybridized carbons (Fsp3) is 0.312. The molecule has 0 fully saturated rings. The van der Waals surface area contributed by atoms with Gasteiger partial charge < -0.3 is 14.6 Å². The summed E-state index contributed by atoms with van der Waals surface area (Å²) < 4.78 is 5.24. The van der Waals surface area contributed by atoms with Crippen molar-refractivity contribution in [3.8, 4) is 0 Å². The summed E-state index contributed by atoms with van der Waals surface area (Å²) in [4.78, 5) is 13.8. The van der Waals surface area contributed by atoms with Crippen LogP contribution in [-0.2, 0) is 6.54 Å². The second-order valence-electron chi connectivity index (χ2n) is 5.11. The maximum Gasteiger partial charge on any atom is 0.322 e. The smallest absolute Gasteiger partial charge is 0.322 e. The summed E-state index contributed by atoms with van der Waals surface area (Å²) in [5.74, 6) is 1.13. The van der Waals surface area contributed by atoms with Crippen LogP contribution >= 0.6 is 0 Å². The van der Waals surface area contributed by atoms with Gasteiger partial charge in [0.2, 0.25) is 0 Å². The highest BCUT2D eigenvalue weighted by molar-refractivity contribution is 5.90. The predicted molar refractivity (Wildman–Crippen MR) is 79.7 cm³/mol. The van der Waals surface area contributed by atoms with Gasteiger partial charge in [0.25, 0.3) is 0 Å². The average Bonchev–Trinajstić information content (AvgIpc) is 2.91. The number of furan rings is 1. The Hall–Kier alpha value is -2.23. The van der Waals surface area contributed by atoms with Crippen LogP contribution in [0.5, 0.6) is 0 Å². The number of amides is 2. The molecule has 0 atom stereocenters. The maximum atomic E-state index is 12.2. The first-order valence-electron chi connectivity index (χ1n) is 6.71. The zero-order valence-corrected chi connectivity index (χ0v) is 12.1. The summed E-state index contributed by atoms with van der Waals surface area (Å²) in [6, 6.07) is 11.4. The van der Waals surface area contributed by atoms with Gasteiger partial charge in [0.1, 0.15) is 5.76 Å². The van der Waals surface area contributed by atoms with Crippen LogP contribution < -0.4 is 5.32 Å². The van der Waals surface area contributed by atoms with Gasteiger partial charge in [0, 0.05) is 12.7 Å². The maximum absolute atomic E-state index is 12.2. The number of hydrogen-bond acceptors (Lipinski definition) is 2. The molecular formula is C16H20N2O2. The molecule has 4 heteroatoms. The Bertz CT molecular complexity index is 562. The Kier molecular flexibility index (Phi) is 4.45. The molecule has 0 saturated heterocycles. The number of nitrogens with zero attached hydrogens (tertiary/aromatic N) is 1. The van der Waals surface area contributed by atoms with E-state index in [2.05, 4.69) is 19.2 Å². The van der Waals surface area contributed by atoms with Crippen molar-refractivity contribution < 1.29 is 9.21 Å². The van der Waals surface area contributed by atoms with E-state index in [0.717, 1.165) is 17.0 Å². The van der Waals surface area contributed by atoms with Gasteiger partial charge in [0.15, 0.2) is 0 Å². The number of hydrogen-bond donors (Lipinski definition) is 1. The third-order valence-corrected chi connectivity index (χ3v) is 3.14. The lowest BCUT2D eigenvalue weighted by Crippen LogP contribution is -2.31. The molecule has 0 saturated carbocycles. The number of para-hydroxylation sites is 1. The van der Waals surface area contributed by atoms with Crippen molar-refractivity contribution in [3.05, 3.63) is 54.0 Å². The monoisotopic (exact) mass is 272 g/mol. The molecule has 0 aliphatic carbocycles. The van der Waals surface area contributed by atoms with Crippen LogP contribution in [-0.4, -0.2) is 18.0 Å². The predicted octanol–water partition coefficient (Wildman–Crippen LogP) is 4.07. The van der Waals surface area contributed by atoms with Gasteiger partial charge in [-0.2, -0.15) is 0 Å². The number of urea groups is 1. The molecule has 0 aliphatic heterocycles. The van der Waals surface area contributed by atoms with E-state index in [1.54, 1.807) is 18.2 Å². The number of carbonyl (C=O) groups is 1. The molecule has 0 spiro atoms. The van der Waals surface area contributed by atoms with Crippen molar-refractivity contribution in [2.45, 2.75) is 26.3 Å². The molecule has 1 aromatic heterocycles. The van der Waals surface area contributed by atoms with Gasteiger partial charge >= 0.3 is 6.03 Å². The van der Waals surface area contributed by atoms with E-state index in [0.29, 0.717) is 12.5 Å². The van der Waals surface area contributed by atoms with Crippen LogP contribution in [0.4, 0.5) is 10.5 Å². The molecule has 20 heavy (non-hydrogen) atoms. The molecule has 106 valence electrons. The second kappa shape index (κ2) is 6.28. The Balaban J connectivity index is 2.04. The summed E-state index contributed by atoms with van der Waals surface area (Å²) in [5, 5.41) is 2.95. The first-order valence-corrected chi connectivity index (χ1v) is 6.71. The van der Waals surface area contributed by atoms with Gasteiger partial charge in [-0.05, 0) is 29.7 Å². The SMILES string of the molecule is CC(C)c1ccccc1NC(=O)N(C)Cc1ccco1. The minimum Gasteiger partial charge on any atom is -0.467 e. The van der Waals surface area contributed by atoms with Crippen molar-refractivity contribution in [2.24, 2.45) is 0 Å². The first kappa shape index (κ1) is 14.2. The normalized spacial score (nSPS) is 10.6. The molecule has 1 heterocycles. The fourth-order valence-corrected chi connectivity index (χ4v) is 2.03. The number of rotatable bonds is 4. The first-order chi connectivity index (χ1) is 9.58. The van der Waals surface area contributed by atoms with Gasteiger partial charge in [-0.1, -0.05) is 32.0 Å². The standard InChI is InChI=1S/C16H20N2O2/c1-12(2)14-8-4-5-9-15(14)17-16(19)18(3)11-13-7-6-10-20-13/h4-10,12H,11H2,1-3H3,(H,17,19). The van der Waals surface area contributed by atoms with E-state index in [4.69, 9.17) is 4.42 Å². The fourth-order valence-electron chi connectivity index (χ4n) is 2.03. The van der Waals surface area contributed by atoms with Crippen LogP contribution in [0.3, 0.4) is 0 Å². The molecule has 2 amide bonds. The molecule has 1 aromatic carbocycles. The van der Waals surface area contributed by atoms with Crippen LogP contribution in [0.1, 0.15) is 31.1 Å². The van der Waals surface area contributed by atoms with Crippen molar-refractivity contribution in [1.82, 2.24) is 4.90 Å². The second-order valence-corrected chi connectivity index (χ2v) is 5.11. The summed E-state index contributed by atoms with van der Waals surface area (Å²) in [6.45, 7) is 4.66. The summed E-state index contributed by atoms with van der Waals surface area (Å²) >= 11 is 0. The molecule has 0 radical (unpaired) electrons. The number of benzene rings is 1. The zero-order valence-electron chi connectivity index (χ0n) is 12.1. The number of anilines is 1. The van der Waals surface area contributed by atoms with E-state index in [1.807, 2.05) is 36.4 Å². The Morgan fingerprint density at radius 1 is 1.25 bits per heavy atom. The largest absolute Gasteiger partial charge is 0.467 e. The van der Waals surface area contributed by atoms with Crippen LogP contribution in [0.2, 0.25) is 0 Å². The number of nitrogens with one attached hydrogen (secondary N) is 1. The quantitative estimate of drug-likeness (QED) is 0.912. The Morgan fingerprint density at radius 3 is 2.65 bits per heavy atom. The van der Waals surface area contributed by atoms with E-state index >= 15 is 0 Å². The molecule has 0 aliphatic rings. The van der Waals surface area contributed by atoms with E-state index < -0.39 is 0 Å². The van der Waals surface area contributed by atoms with Crippen molar-refractivity contribution in [3.63, 3.8) is 0 Å². The summed E-state index contributed by atoms with van der Waals surface area (Å²) in [5.41, 5.74) is 1.99. The lowest BCUT2D eigenvalue weighted by atomic mass is 10.0. The van der Waals surface area contributed by atoms with Gasteiger partial charge in [-0.3, -0.25) is 0 Å². The molecule has 1 N–H and O–H groups in total. The zero-order chi connectivity index (χ0) is 14.5. The van der Waals surface area contributed by atoms with Crippen molar-refractivity contribution in [2.75, 3.05) is 12.4 Å². The van der Waals surface area contributed by atoms with Gasteiger partial charge in [-0.25, -0.2) is 4.79 Å². The van der Waals surface area contributed by atoms with Crippen molar-refractivity contribution in [1.29, 1.82) is 0 Å². The van der Waals surface area contributed by atoms with Crippen LogP contribution in [0, 0.1) is 0 Å². The van der Waals surface area contributed by atoms with Crippen LogP contribution in [0.25, 0.3) is 0 Å². The Labute approximate surface area is 119 Å². The average molecular weight is 272 g/mol.